The van der Waals surface area contributed by atoms with Crippen LogP contribution in [0.3, 0.4) is 0 Å². The Morgan fingerprint density at radius 1 is 1.29 bits per heavy atom. The molecule has 0 spiro atoms. The van der Waals surface area contributed by atoms with Gasteiger partial charge < -0.3 is 10.0 Å². The van der Waals surface area contributed by atoms with Gasteiger partial charge in [0.15, 0.2) is 0 Å². The molecule has 0 aliphatic carbocycles. The first-order chi connectivity index (χ1) is 8.03. The van der Waals surface area contributed by atoms with Gasteiger partial charge in [0.1, 0.15) is 0 Å². The zero-order chi connectivity index (χ0) is 12.5. The van der Waals surface area contributed by atoms with Crippen molar-refractivity contribution in [2.24, 2.45) is 5.41 Å². The van der Waals surface area contributed by atoms with Crippen LogP contribution in [0.15, 0.2) is 24.3 Å². The average molecular weight is 233 g/mol. The number of β-amino-alcohol motifs (C(OH)–C–C–N with tert-alkyl or cyclic N) is 1. The maximum absolute atomic E-state index is 10.1. The molecular weight excluding hydrogens is 210 g/mol. The standard InChI is InChI=1S/C15H23NO/c1-4-12-5-7-13(8-6-12)16-10-9-15(2,3)14(17)11-16/h5-8,14,17H,4,9-11H2,1-3H3. The van der Waals surface area contributed by atoms with Gasteiger partial charge in [-0.15, -0.1) is 0 Å². The van der Waals surface area contributed by atoms with E-state index in [-0.39, 0.29) is 11.5 Å². The second kappa shape index (κ2) is 4.69. The SMILES string of the molecule is CCc1ccc(N2CCC(C)(C)C(O)C2)cc1. The molecular formula is C15H23NO. The highest BCUT2D eigenvalue weighted by atomic mass is 16.3. The predicted molar refractivity (Wildman–Crippen MR) is 72.4 cm³/mol. The zero-order valence-electron chi connectivity index (χ0n) is 11.1. The van der Waals surface area contributed by atoms with Crippen molar-refractivity contribution in [3.05, 3.63) is 29.8 Å². The molecule has 1 atom stereocenters. The fourth-order valence-corrected chi connectivity index (χ4v) is 2.31. The summed E-state index contributed by atoms with van der Waals surface area (Å²) < 4.78 is 0. The summed E-state index contributed by atoms with van der Waals surface area (Å²) in [5.41, 5.74) is 2.66. The first-order valence-corrected chi connectivity index (χ1v) is 6.55. The summed E-state index contributed by atoms with van der Waals surface area (Å²) in [4.78, 5) is 2.29. The molecule has 0 amide bonds. The number of aliphatic hydroxyl groups excluding tert-OH is 1. The lowest BCUT2D eigenvalue weighted by atomic mass is 9.80. The summed E-state index contributed by atoms with van der Waals surface area (Å²) in [6.07, 6.45) is 1.89. The lowest BCUT2D eigenvalue weighted by molar-refractivity contribution is 0.0351. The highest BCUT2D eigenvalue weighted by Gasteiger charge is 2.34. The van der Waals surface area contributed by atoms with E-state index in [0.29, 0.717) is 0 Å². The van der Waals surface area contributed by atoms with Gasteiger partial charge in [0.05, 0.1) is 6.10 Å². The van der Waals surface area contributed by atoms with E-state index in [1.807, 2.05) is 0 Å². The molecule has 17 heavy (non-hydrogen) atoms. The van der Waals surface area contributed by atoms with Crippen molar-refractivity contribution in [3.63, 3.8) is 0 Å². The minimum atomic E-state index is -0.234. The Bertz CT molecular complexity index is 369. The minimum Gasteiger partial charge on any atom is -0.391 e. The molecule has 0 bridgehead atoms. The quantitative estimate of drug-likeness (QED) is 0.849. The number of aryl methyl sites for hydroxylation is 1. The molecule has 0 radical (unpaired) electrons. The molecule has 2 nitrogen and oxygen atoms in total. The molecule has 1 aromatic carbocycles. The van der Waals surface area contributed by atoms with E-state index in [9.17, 15) is 5.11 Å². The van der Waals surface area contributed by atoms with Gasteiger partial charge in [-0.2, -0.15) is 0 Å². The number of benzene rings is 1. The molecule has 0 aromatic heterocycles. The van der Waals surface area contributed by atoms with E-state index in [1.165, 1.54) is 11.3 Å². The summed E-state index contributed by atoms with van der Waals surface area (Å²) in [6, 6.07) is 8.71. The van der Waals surface area contributed by atoms with Crippen LogP contribution in [0.1, 0.15) is 32.8 Å². The maximum Gasteiger partial charge on any atom is 0.0766 e. The Hall–Kier alpha value is -1.02. The van der Waals surface area contributed by atoms with E-state index < -0.39 is 0 Å². The van der Waals surface area contributed by atoms with Crippen LogP contribution in [0.2, 0.25) is 0 Å². The first-order valence-electron chi connectivity index (χ1n) is 6.55. The van der Waals surface area contributed by atoms with E-state index in [2.05, 4.69) is 49.9 Å². The van der Waals surface area contributed by atoms with Crippen molar-refractivity contribution in [1.29, 1.82) is 0 Å². The van der Waals surface area contributed by atoms with Crippen LogP contribution in [0, 0.1) is 5.41 Å². The van der Waals surface area contributed by atoms with Crippen LogP contribution in [-0.2, 0) is 6.42 Å². The Labute approximate surface area is 104 Å². The van der Waals surface area contributed by atoms with E-state index >= 15 is 0 Å². The van der Waals surface area contributed by atoms with Crippen LogP contribution in [0.5, 0.6) is 0 Å². The fraction of sp³-hybridized carbons (Fsp3) is 0.600. The predicted octanol–water partition coefficient (Wildman–Crippen LogP) is 2.85. The van der Waals surface area contributed by atoms with Gasteiger partial charge in [-0.3, -0.25) is 0 Å². The summed E-state index contributed by atoms with van der Waals surface area (Å²) in [6.45, 7) is 8.25. The molecule has 1 aromatic rings. The highest BCUT2D eigenvalue weighted by molar-refractivity contribution is 5.48. The number of nitrogens with zero attached hydrogens (tertiary/aromatic N) is 1. The Morgan fingerprint density at radius 2 is 1.94 bits per heavy atom. The number of hydrogen-bond donors (Lipinski definition) is 1. The van der Waals surface area contributed by atoms with E-state index in [4.69, 9.17) is 0 Å². The van der Waals surface area contributed by atoms with Gasteiger partial charge in [0, 0.05) is 18.8 Å². The minimum absolute atomic E-state index is 0.0554. The van der Waals surface area contributed by atoms with Gasteiger partial charge in [-0.1, -0.05) is 32.9 Å². The van der Waals surface area contributed by atoms with E-state index in [1.54, 1.807) is 0 Å². The number of piperidine rings is 1. The topological polar surface area (TPSA) is 23.5 Å². The van der Waals surface area contributed by atoms with Crippen LogP contribution >= 0.6 is 0 Å². The van der Waals surface area contributed by atoms with Gasteiger partial charge in [0.2, 0.25) is 0 Å². The normalized spacial score (nSPS) is 23.8. The number of hydrogen-bond acceptors (Lipinski definition) is 2. The third kappa shape index (κ3) is 2.63. The molecule has 1 fully saturated rings. The summed E-state index contributed by atoms with van der Waals surface area (Å²) in [5, 5.41) is 10.1. The van der Waals surface area contributed by atoms with Crippen molar-refractivity contribution < 1.29 is 5.11 Å². The third-order valence-electron chi connectivity index (χ3n) is 4.03. The van der Waals surface area contributed by atoms with Crippen molar-refractivity contribution in [3.8, 4) is 0 Å². The van der Waals surface area contributed by atoms with Gasteiger partial charge in [-0.25, -0.2) is 0 Å². The lowest BCUT2D eigenvalue weighted by Crippen LogP contribution is -2.48. The molecule has 0 saturated carbocycles. The van der Waals surface area contributed by atoms with Crippen LogP contribution in [-0.4, -0.2) is 24.3 Å². The Morgan fingerprint density at radius 3 is 2.47 bits per heavy atom. The monoisotopic (exact) mass is 233 g/mol. The fourth-order valence-electron chi connectivity index (χ4n) is 2.31. The number of rotatable bonds is 2. The van der Waals surface area contributed by atoms with Gasteiger partial charge in [-0.05, 0) is 36.0 Å². The molecule has 2 rings (SSSR count). The maximum atomic E-state index is 10.1. The number of aliphatic hydroxyl groups is 1. The van der Waals surface area contributed by atoms with Crippen molar-refractivity contribution >= 4 is 5.69 Å². The Balaban J connectivity index is 2.08. The molecule has 1 heterocycles. The number of anilines is 1. The van der Waals surface area contributed by atoms with Crippen molar-refractivity contribution in [2.45, 2.75) is 39.7 Å². The second-order valence-electron chi connectivity index (χ2n) is 5.72. The second-order valence-corrected chi connectivity index (χ2v) is 5.72. The molecule has 94 valence electrons. The molecule has 1 unspecified atom stereocenters. The van der Waals surface area contributed by atoms with E-state index in [0.717, 1.165) is 25.9 Å². The molecule has 2 heteroatoms. The third-order valence-corrected chi connectivity index (χ3v) is 4.03. The average Bonchev–Trinajstić information content (AvgIpc) is 2.33. The smallest absolute Gasteiger partial charge is 0.0766 e. The molecule has 1 N–H and O–H groups in total. The van der Waals surface area contributed by atoms with Crippen LogP contribution < -0.4 is 4.90 Å². The molecule has 1 aliphatic heterocycles. The van der Waals surface area contributed by atoms with Crippen molar-refractivity contribution in [1.82, 2.24) is 0 Å². The van der Waals surface area contributed by atoms with Gasteiger partial charge >= 0.3 is 0 Å². The van der Waals surface area contributed by atoms with Crippen LogP contribution in [0.25, 0.3) is 0 Å². The summed E-state index contributed by atoms with van der Waals surface area (Å²) in [5.74, 6) is 0. The molecule has 1 aliphatic rings. The largest absolute Gasteiger partial charge is 0.391 e. The Kier molecular flexibility index (Phi) is 3.43. The first kappa shape index (κ1) is 12.4. The van der Waals surface area contributed by atoms with Crippen LogP contribution in [0.4, 0.5) is 5.69 Å². The lowest BCUT2D eigenvalue weighted by Gasteiger charge is -2.42. The summed E-state index contributed by atoms with van der Waals surface area (Å²) in [7, 11) is 0. The van der Waals surface area contributed by atoms with Crippen molar-refractivity contribution in [2.75, 3.05) is 18.0 Å². The zero-order valence-corrected chi connectivity index (χ0v) is 11.1. The molecule has 1 saturated heterocycles. The highest BCUT2D eigenvalue weighted by Crippen LogP contribution is 2.32. The van der Waals surface area contributed by atoms with Gasteiger partial charge in [0.25, 0.3) is 0 Å². The summed E-state index contributed by atoms with van der Waals surface area (Å²) >= 11 is 0.